The molecule has 2 unspecified atom stereocenters. The average molecular weight is 465 g/mol. The van der Waals surface area contributed by atoms with Crippen LogP contribution in [0.15, 0.2) is 0 Å². The predicted octanol–water partition coefficient (Wildman–Crippen LogP) is -2.52. The summed E-state index contributed by atoms with van der Waals surface area (Å²) in [7, 11) is -4.51. The van der Waals surface area contributed by atoms with Crippen molar-refractivity contribution in [2.75, 3.05) is 12.3 Å². The first-order valence-electron chi connectivity index (χ1n) is 6.48. The summed E-state index contributed by atoms with van der Waals surface area (Å²) in [4.78, 5) is 45.5. The summed E-state index contributed by atoms with van der Waals surface area (Å²) >= 11 is 6.78. The number of hydrogen-bond donors (Lipinski definition) is 5. The minimum Gasteiger partial charge on any atom is -0.480 e. The Kier molecular flexibility index (Phi) is 9.95. The summed E-state index contributed by atoms with van der Waals surface area (Å²) < 4.78 is 25.9. The van der Waals surface area contributed by atoms with Crippen LogP contribution in [0.1, 0.15) is 12.8 Å². The Hall–Kier alpha value is -1.42. The first-order chi connectivity index (χ1) is 11.4. The molecule has 0 heterocycles. The fourth-order valence-electron chi connectivity index (χ4n) is 1.39. The molecule has 0 saturated heterocycles. The van der Waals surface area contributed by atoms with Gasteiger partial charge in [0.2, 0.25) is 11.8 Å². The molecular formula is C10H17BrN4O8S2. The third-order valence-corrected chi connectivity index (χ3v) is 4.20. The first-order valence-corrected chi connectivity index (χ1v) is 9.30. The van der Waals surface area contributed by atoms with Crippen LogP contribution in [0.3, 0.4) is 0 Å². The molecule has 0 aromatic rings. The van der Waals surface area contributed by atoms with Gasteiger partial charge in [-0.25, -0.2) is 4.79 Å². The van der Waals surface area contributed by atoms with Gasteiger partial charge >= 0.3 is 22.2 Å². The van der Waals surface area contributed by atoms with Crippen LogP contribution in [-0.2, 0) is 33.7 Å². The molecule has 6 N–H and O–H groups in total. The van der Waals surface area contributed by atoms with Crippen LogP contribution in [0, 0.1) is 0 Å². The zero-order valence-electron chi connectivity index (χ0n) is 12.6. The molecule has 0 fully saturated rings. The topological polar surface area (TPSA) is 199 Å². The number of aliphatic carboxylic acids is 1. The van der Waals surface area contributed by atoms with Gasteiger partial charge < -0.3 is 20.3 Å². The summed E-state index contributed by atoms with van der Waals surface area (Å²) in [5.41, 5.74) is 5.38. The Morgan fingerprint density at radius 2 is 1.88 bits per heavy atom. The van der Waals surface area contributed by atoms with E-state index in [-0.39, 0.29) is 18.6 Å². The van der Waals surface area contributed by atoms with E-state index in [1.807, 2.05) is 0 Å². The fraction of sp³-hybridized carbons (Fsp3) is 0.600. The van der Waals surface area contributed by atoms with E-state index >= 15 is 0 Å². The Balaban J connectivity index is 4.63. The molecule has 0 aromatic carbocycles. The molecule has 0 aromatic heterocycles. The van der Waals surface area contributed by atoms with E-state index in [0.717, 1.165) is 3.93 Å². The van der Waals surface area contributed by atoms with Crippen LogP contribution < -0.4 is 16.2 Å². The minimum absolute atomic E-state index is 0.123. The number of hydrogen-bond acceptors (Lipinski definition) is 9. The highest BCUT2D eigenvalue weighted by Gasteiger charge is 2.29. The molecule has 2 atom stereocenters. The summed E-state index contributed by atoms with van der Waals surface area (Å²) in [6.07, 6.45) is -0.631. The normalized spacial score (nSPS) is 13.4. The lowest BCUT2D eigenvalue weighted by Gasteiger charge is -2.23. The van der Waals surface area contributed by atoms with Gasteiger partial charge in [0.15, 0.2) is 0 Å². The van der Waals surface area contributed by atoms with Crippen molar-refractivity contribution in [3.05, 3.63) is 0 Å². The average Bonchev–Trinajstić information content (AvgIpc) is 2.48. The SMILES string of the molecule is NC(CCC(=O)N(Br)C(CS)C(=O)NCC(=O)O)C(=O)OS(N)(=O)=O. The van der Waals surface area contributed by atoms with E-state index in [1.165, 1.54) is 0 Å². The number of halogens is 1. The molecule has 0 rings (SSSR count). The first kappa shape index (κ1) is 23.6. The van der Waals surface area contributed by atoms with Crippen molar-refractivity contribution in [1.29, 1.82) is 0 Å². The highest BCUT2D eigenvalue weighted by Crippen LogP contribution is 2.13. The third-order valence-electron chi connectivity index (χ3n) is 2.57. The molecule has 0 spiro atoms. The molecule has 0 bridgehead atoms. The van der Waals surface area contributed by atoms with Gasteiger partial charge in [-0.1, -0.05) is 0 Å². The van der Waals surface area contributed by atoms with E-state index in [0.29, 0.717) is 0 Å². The zero-order chi connectivity index (χ0) is 19.8. The predicted molar refractivity (Wildman–Crippen MR) is 90.5 cm³/mol. The number of nitrogens with two attached hydrogens (primary N) is 2. The second-order valence-electron chi connectivity index (χ2n) is 4.56. The number of thiol groups is 1. The number of rotatable bonds is 10. The molecule has 0 aliphatic heterocycles. The molecule has 2 amide bonds. The van der Waals surface area contributed by atoms with Crippen LogP contribution in [-0.4, -0.2) is 65.6 Å². The number of carbonyl (C=O) groups excluding carboxylic acids is 3. The number of nitrogens with zero attached hydrogens (tertiary/aromatic N) is 1. The standard InChI is InChI=1S/C10H17BrN4O8S2/c11-15(6(4-24)9(19)14-3-8(17)18)7(16)2-1-5(12)10(20)23-25(13,21)22/h5-6,24H,1-4,12H2,(H,14,19)(H,17,18)(H2,13,21,22). The van der Waals surface area contributed by atoms with Gasteiger partial charge in [0.25, 0.3) is 0 Å². The summed E-state index contributed by atoms with van der Waals surface area (Å²) in [5, 5.41) is 15.1. The Morgan fingerprint density at radius 3 is 2.32 bits per heavy atom. The lowest BCUT2D eigenvalue weighted by Crippen LogP contribution is -2.47. The van der Waals surface area contributed by atoms with Crippen molar-refractivity contribution < 1.29 is 36.9 Å². The highest BCUT2D eigenvalue weighted by molar-refractivity contribution is 9.07. The quantitative estimate of drug-likeness (QED) is 0.171. The number of nitrogens with one attached hydrogen (secondary N) is 1. The van der Waals surface area contributed by atoms with Crippen molar-refractivity contribution in [3.63, 3.8) is 0 Å². The van der Waals surface area contributed by atoms with Gasteiger partial charge in [0, 0.05) is 12.2 Å². The summed E-state index contributed by atoms with van der Waals surface area (Å²) in [6.45, 7) is -0.636. The van der Waals surface area contributed by atoms with Crippen molar-refractivity contribution in [2.45, 2.75) is 24.9 Å². The summed E-state index contributed by atoms with van der Waals surface area (Å²) in [5.74, 6) is -4.16. The number of amides is 2. The molecule has 15 heteroatoms. The maximum absolute atomic E-state index is 12.0. The number of carbonyl (C=O) groups is 4. The van der Waals surface area contributed by atoms with Gasteiger partial charge in [0.1, 0.15) is 18.6 Å². The zero-order valence-corrected chi connectivity index (χ0v) is 15.9. The lowest BCUT2D eigenvalue weighted by molar-refractivity contribution is -0.139. The fourth-order valence-corrected chi connectivity index (χ4v) is 2.81. The molecule has 0 aliphatic carbocycles. The number of carboxylic acid groups (broad SMARTS) is 1. The van der Waals surface area contributed by atoms with E-state index < -0.39 is 52.7 Å². The molecule has 12 nitrogen and oxygen atoms in total. The smallest absolute Gasteiger partial charge is 0.382 e. The van der Waals surface area contributed by atoms with E-state index in [2.05, 4.69) is 43.4 Å². The molecule has 0 radical (unpaired) electrons. The number of carboxylic acids is 1. The molecular weight excluding hydrogens is 448 g/mol. The second kappa shape index (κ2) is 10.5. The van der Waals surface area contributed by atoms with Gasteiger partial charge in [-0.05, 0) is 6.42 Å². The molecule has 0 saturated carbocycles. The molecule has 0 aliphatic rings. The van der Waals surface area contributed by atoms with Crippen LogP contribution >= 0.6 is 28.8 Å². The maximum Gasteiger partial charge on any atom is 0.382 e. The van der Waals surface area contributed by atoms with Crippen molar-refractivity contribution >= 4 is 62.8 Å². The molecule has 25 heavy (non-hydrogen) atoms. The van der Waals surface area contributed by atoms with Crippen molar-refractivity contribution in [2.24, 2.45) is 10.9 Å². The largest absolute Gasteiger partial charge is 0.480 e. The third kappa shape index (κ3) is 9.59. The Morgan fingerprint density at radius 1 is 1.32 bits per heavy atom. The monoisotopic (exact) mass is 464 g/mol. The van der Waals surface area contributed by atoms with Gasteiger partial charge in [-0.2, -0.15) is 26.2 Å². The lowest BCUT2D eigenvalue weighted by atomic mass is 10.1. The Labute approximate surface area is 157 Å². The van der Waals surface area contributed by atoms with Gasteiger partial charge in [-0.3, -0.25) is 18.3 Å². The van der Waals surface area contributed by atoms with Crippen molar-refractivity contribution in [1.82, 2.24) is 9.24 Å². The van der Waals surface area contributed by atoms with E-state index in [4.69, 9.17) is 10.8 Å². The molecule has 144 valence electrons. The maximum atomic E-state index is 12.0. The van der Waals surface area contributed by atoms with Crippen LogP contribution in [0.25, 0.3) is 0 Å². The van der Waals surface area contributed by atoms with Gasteiger partial charge in [0.05, 0.1) is 16.1 Å². The van der Waals surface area contributed by atoms with Gasteiger partial charge in [-0.15, -0.1) is 0 Å². The highest BCUT2D eigenvalue weighted by atomic mass is 79.9. The van der Waals surface area contributed by atoms with E-state index in [9.17, 15) is 27.6 Å². The second-order valence-corrected chi connectivity index (χ2v) is 6.84. The van der Waals surface area contributed by atoms with Crippen molar-refractivity contribution in [3.8, 4) is 0 Å². The van der Waals surface area contributed by atoms with Crippen LogP contribution in [0.5, 0.6) is 0 Å². The van der Waals surface area contributed by atoms with Crippen LogP contribution in [0.2, 0.25) is 0 Å². The minimum atomic E-state index is -4.51. The summed E-state index contributed by atoms with van der Waals surface area (Å²) in [6, 6.07) is -2.55. The van der Waals surface area contributed by atoms with E-state index in [1.54, 1.807) is 0 Å². The van der Waals surface area contributed by atoms with Crippen LogP contribution in [0.4, 0.5) is 0 Å². The Bertz CT molecular complexity index is 628.